The molecule has 7 nitrogen and oxygen atoms in total. The Kier molecular flexibility index (Phi) is 2.97. The van der Waals surface area contributed by atoms with Crippen molar-refractivity contribution in [3.8, 4) is 0 Å². The molecule has 0 aromatic heterocycles. The first-order valence-electron chi connectivity index (χ1n) is 4.80. The highest BCUT2D eigenvalue weighted by atomic mass is 16.8. The Morgan fingerprint density at radius 1 is 1.44 bits per heavy atom. The number of rotatable bonds is 2. The van der Waals surface area contributed by atoms with Crippen molar-refractivity contribution >= 4 is 12.1 Å². The maximum Gasteiger partial charge on any atom is 0.509 e. The summed E-state index contributed by atoms with van der Waals surface area (Å²) in [5.41, 5.74) is 0. The van der Waals surface area contributed by atoms with E-state index in [1.807, 2.05) is 0 Å². The second-order valence-corrected chi connectivity index (χ2v) is 3.50. The molecule has 2 rings (SSSR count). The molecule has 7 heteroatoms. The standard InChI is InChI=1S/C9H12O7/c1-4(10)14-7-6-5(15-9(11)16-6)3-13-8(7)12-2/h5-8H,3H2,1-2H3/t5-,6-,7+,8+/m0/s1. The Hall–Kier alpha value is -1.34. The van der Waals surface area contributed by atoms with Crippen molar-refractivity contribution < 1.29 is 33.3 Å². The second kappa shape index (κ2) is 4.26. The Balaban J connectivity index is 2.12. The summed E-state index contributed by atoms with van der Waals surface area (Å²) in [5, 5.41) is 0. The highest BCUT2D eigenvalue weighted by molar-refractivity contribution is 5.67. The predicted octanol–water partition coefficient (Wildman–Crippen LogP) is -0.175. The molecular formula is C9H12O7. The molecule has 0 unspecified atom stereocenters. The molecule has 0 spiro atoms. The zero-order chi connectivity index (χ0) is 11.7. The van der Waals surface area contributed by atoms with Gasteiger partial charge in [-0.1, -0.05) is 0 Å². The van der Waals surface area contributed by atoms with E-state index in [4.69, 9.17) is 23.7 Å². The van der Waals surface area contributed by atoms with Crippen LogP contribution in [0.25, 0.3) is 0 Å². The number of hydrogen-bond acceptors (Lipinski definition) is 7. The number of esters is 1. The van der Waals surface area contributed by atoms with E-state index in [-0.39, 0.29) is 6.61 Å². The van der Waals surface area contributed by atoms with E-state index in [1.54, 1.807) is 0 Å². The molecule has 2 saturated heterocycles. The van der Waals surface area contributed by atoms with Crippen LogP contribution in [0.4, 0.5) is 4.79 Å². The molecule has 2 heterocycles. The Morgan fingerprint density at radius 3 is 2.81 bits per heavy atom. The number of hydrogen-bond donors (Lipinski definition) is 0. The van der Waals surface area contributed by atoms with E-state index >= 15 is 0 Å². The van der Waals surface area contributed by atoms with Gasteiger partial charge in [0.25, 0.3) is 0 Å². The monoisotopic (exact) mass is 232 g/mol. The maximum atomic E-state index is 11.0. The average molecular weight is 232 g/mol. The first-order valence-corrected chi connectivity index (χ1v) is 4.80. The van der Waals surface area contributed by atoms with Crippen molar-refractivity contribution in [2.45, 2.75) is 31.5 Å². The van der Waals surface area contributed by atoms with Crippen molar-refractivity contribution in [3.05, 3.63) is 0 Å². The lowest BCUT2D eigenvalue weighted by Gasteiger charge is -2.34. The van der Waals surface area contributed by atoms with Crippen LogP contribution in [0.2, 0.25) is 0 Å². The fourth-order valence-electron chi connectivity index (χ4n) is 1.77. The van der Waals surface area contributed by atoms with Gasteiger partial charge in [0.1, 0.15) is 0 Å². The first kappa shape index (κ1) is 11.2. The number of ether oxygens (including phenoxy) is 5. The van der Waals surface area contributed by atoms with E-state index in [0.29, 0.717) is 0 Å². The lowest BCUT2D eigenvalue weighted by molar-refractivity contribution is -0.249. The normalized spacial score (nSPS) is 37.2. The SMILES string of the molecule is CO[C@@H]1OC[C@@H]2OC(=O)O[C@@H]2[C@H]1OC(C)=O. The van der Waals surface area contributed by atoms with Gasteiger partial charge in [0.15, 0.2) is 24.6 Å². The summed E-state index contributed by atoms with van der Waals surface area (Å²) in [7, 11) is 1.42. The van der Waals surface area contributed by atoms with Crippen LogP contribution in [0.3, 0.4) is 0 Å². The van der Waals surface area contributed by atoms with Crippen LogP contribution in [0.5, 0.6) is 0 Å². The molecule has 0 radical (unpaired) electrons. The van der Waals surface area contributed by atoms with Crippen LogP contribution < -0.4 is 0 Å². The van der Waals surface area contributed by atoms with Gasteiger partial charge >= 0.3 is 12.1 Å². The number of carbonyl (C=O) groups excluding carboxylic acids is 2. The van der Waals surface area contributed by atoms with Gasteiger partial charge in [-0.3, -0.25) is 4.79 Å². The summed E-state index contributed by atoms with van der Waals surface area (Å²) in [6.45, 7) is 1.42. The number of carbonyl (C=O) groups is 2. The largest absolute Gasteiger partial charge is 0.509 e. The maximum absolute atomic E-state index is 11.0. The molecule has 90 valence electrons. The summed E-state index contributed by atoms with van der Waals surface area (Å²) in [5.74, 6) is -0.501. The van der Waals surface area contributed by atoms with Crippen LogP contribution in [0.15, 0.2) is 0 Å². The smallest absolute Gasteiger partial charge is 0.453 e. The van der Waals surface area contributed by atoms with E-state index in [9.17, 15) is 9.59 Å². The van der Waals surface area contributed by atoms with E-state index in [1.165, 1.54) is 14.0 Å². The number of methoxy groups -OCH3 is 1. The van der Waals surface area contributed by atoms with Gasteiger partial charge in [0.2, 0.25) is 0 Å². The summed E-state index contributed by atoms with van der Waals surface area (Å²) in [6.07, 6.45) is -3.56. The molecule has 0 aromatic carbocycles. The zero-order valence-corrected chi connectivity index (χ0v) is 8.87. The fourth-order valence-corrected chi connectivity index (χ4v) is 1.77. The van der Waals surface area contributed by atoms with Crippen molar-refractivity contribution in [2.75, 3.05) is 13.7 Å². The van der Waals surface area contributed by atoms with Gasteiger partial charge in [-0.2, -0.15) is 0 Å². The predicted molar refractivity (Wildman–Crippen MR) is 47.4 cm³/mol. The second-order valence-electron chi connectivity index (χ2n) is 3.50. The van der Waals surface area contributed by atoms with E-state index in [0.717, 1.165) is 0 Å². The molecule has 0 bridgehead atoms. The van der Waals surface area contributed by atoms with Gasteiger partial charge in [-0.05, 0) is 0 Å². The topological polar surface area (TPSA) is 80.3 Å². The molecule has 2 aliphatic heterocycles. The van der Waals surface area contributed by atoms with Crippen molar-refractivity contribution in [1.82, 2.24) is 0 Å². The summed E-state index contributed by atoms with van der Waals surface area (Å²) >= 11 is 0. The Bertz CT molecular complexity index is 302. The van der Waals surface area contributed by atoms with Crippen LogP contribution in [0, 0.1) is 0 Å². The highest BCUT2D eigenvalue weighted by Crippen LogP contribution is 2.28. The third kappa shape index (κ3) is 1.96. The summed E-state index contributed by atoms with van der Waals surface area (Å²) in [6, 6.07) is 0. The molecule has 0 saturated carbocycles. The Morgan fingerprint density at radius 2 is 2.19 bits per heavy atom. The lowest BCUT2D eigenvalue weighted by atomic mass is 10.1. The first-order chi connectivity index (χ1) is 7.61. The van der Waals surface area contributed by atoms with Gasteiger partial charge in [-0.15, -0.1) is 0 Å². The molecule has 0 aliphatic carbocycles. The van der Waals surface area contributed by atoms with Crippen molar-refractivity contribution in [1.29, 1.82) is 0 Å². The summed E-state index contributed by atoms with van der Waals surface area (Å²) in [4.78, 5) is 21.9. The minimum absolute atomic E-state index is 0.159. The quantitative estimate of drug-likeness (QED) is 0.611. The molecule has 0 N–H and O–H groups in total. The molecule has 2 aliphatic rings. The van der Waals surface area contributed by atoms with Crippen molar-refractivity contribution in [3.63, 3.8) is 0 Å². The zero-order valence-electron chi connectivity index (χ0n) is 8.87. The van der Waals surface area contributed by atoms with Crippen LogP contribution in [-0.4, -0.2) is 50.4 Å². The minimum Gasteiger partial charge on any atom is -0.453 e. The van der Waals surface area contributed by atoms with Crippen LogP contribution >= 0.6 is 0 Å². The molecule has 0 aromatic rings. The molecule has 2 fully saturated rings. The highest BCUT2D eigenvalue weighted by Gasteiger charge is 2.51. The third-order valence-corrected chi connectivity index (χ3v) is 2.40. The van der Waals surface area contributed by atoms with Gasteiger partial charge in [0.05, 0.1) is 6.61 Å². The van der Waals surface area contributed by atoms with Crippen LogP contribution in [0.1, 0.15) is 6.92 Å². The van der Waals surface area contributed by atoms with Gasteiger partial charge in [0, 0.05) is 14.0 Å². The molecular weight excluding hydrogens is 220 g/mol. The fraction of sp³-hybridized carbons (Fsp3) is 0.778. The lowest BCUT2D eigenvalue weighted by Crippen LogP contribution is -2.53. The van der Waals surface area contributed by atoms with Crippen molar-refractivity contribution in [2.24, 2.45) is 0 Å². The van der Waals surface area contributed by atoms with Gasteiger partial charge in [-0.25, -0.2) is 4.79 Å². The average Bonchev–Trinajstić information content (AvgIpc) is 2.59. The van der Waals surface area contributed by atoms with E-state index < -0.39 is 36.7 Å². The molecule has 4 atom stereocenters. The van der Waals surface area contributed by atoms with Crippen LogP contribution in [-0.2, 0) is 28.5 Å². The van der Waals surface area contributed by atoms with Gasteiger partial charge < -0.3 is 23.7 Å². The third-order valence-electron chi connectivity index (χ3n) is 2.40. The summed E-state index contributed by atoms with van der Waals surface area (Å²) < 4.78 is 25.0. The Labute approximate surface area is 91.5 Å². The number of fused-ring (bicyclic) bond motifs is 1. The van der Waals surface area contributed by atoms with E-state index in [2.05, 4.69) is 0 Å². The molecule has 16 heavy (non-hydrogen) atoms. The minimum atomic E-state index is -0.798. The molecule has 0 amide bonds.